The van der Waals surface area contributed by atoms with E-state index in [2.05, 4.69) is 27.1 Å². The van der Waals surface area contributed by atoms with E-state index >= 15 is 0 Å². The van der Waals surface area contributed by atoms with E-state index in [0.717, 1.165) is 25.2 Å². The zero-order valence-electron chi connectivity index (χ0n) is 17.5. The highest BCUT2D eigenvalue weighted by Crippen LogP contribution is 2.14. The van der Waals surface area contributed by atoms with Crippen LogP contribution >= 0.6 is 0 Å². The number of nitrogens with zero attached hydrogens (tertiary/aromatic N) is 1. The molecule has 1 heterocycles. The molecule has 30 heavy (non-hydrogen) atoms. The number of carbonyl (C=O) groups excluding carboxylic acids is 1. The molecule has 2 N–H and O–H groups in total. The Morgan fingerprint density at radius 2 is 1.53 bits per heavy atom. The summed E-state index contributed by atoms with van der Waals surface area (Å²) in [4.78, 5) is 15.0. The van der Waals surface area contributed by atoms with Crippen molar-refractivity contribution in [3.05, 3.63) is 65.7 Å². The summed E-state index contributed by atoms with van der Waals surface area (Å²) in [7, 11) is -3.73. The fourth-order valence-corrected chi connectivity index (χ4v) is 4.84. The molecule has 1 atom stereocenters. The van der Waals surface area contributed by atoms with Crippen LogP contribution < -0.4 is 10.0 Å². The van der Waals surface area contributed by atoms with Gasteiger partial charge in [0, 0.05) is 13.1 Å². The van der Waals surface area contributed by atoms with E-state index in [-0.39, 0.29) is 10.8 Å². The zero-order valence-corrected chi connectivity index (χ0v) is 18.3. The molecule has 0 aromatic heterocycles. The second-order valence-electron chi connectivity index (χ2n) is 7.88. The highest BCUT2D eigenvalue weighted by Gasteiger charge is 2.21. The summed E-state index contributed by atoms with van der Waals surface area (Å²) < 4.78 is 27.1. The van der Waals surface area contributed by atoms with Crippen LogP contribution in [0, 0.1) is 0 Å². The number of amides is 1. The van der Waals surface area contributed by atoms with Crippen molar-refractivity contribution in [2.75, 3.05) is 13.1 Å². The molecular formula is C23H31N3O3S. The Bertz CT molecular complexity index is 906. The lowest BCUT2D eigenvalue weighted by molar-refractivity contribution is -0.122. The number of benzene rings is 2. The maximum absolute atomic E-state index is 12.3. The third-order valence-electron chi connectivity index (χ3n) is 5.37. The molecule has 3 rings (SSSR count). The topological polar surface area (TPSA) is 78.5 Å². The molecule has 1 fully saturated rings. The van der Waals surface area contributed by atoms with Gasteiger partial charge in [0.25, 0.3) is 0 Å². The van der Waals surface area contributed by atoms with Crippen molar-refractivity contribution in [1.29, 1.82) is 0 Å². The van der Waals surface area contributed by atoms with E-state index in [1.54, 1.807) is 25.1 Å². The first-order valence-corrected chi connectivity index (χ1v) is 12.1. The summed E-state index contributed by atoms with van der Waals surface area (Å²) >= 11 is 0. The lowest BCUT2D eigenvalue weighted by atomic mass is 10.1. The smallest absolute Gasteiger partial charge is 0.241 e. The van der Waals surface area contributed by atoms with E-state index in [1.165, 1.54) is 43.4 Å². The molecule has 2 aromatic rings. The molecule has 0 unspecified atom stereocenters. The van der Waals surface area contributed by atoms with Gasteiger partial charge in [0.1, 0.15) is 0 Å². The Hall–Kier alpha value is -2.22. The average Bonchev–Trinajstić information content (AvgIpc) is 3.02. The summed E-state index contributed by atoms with van der Waals surface area (Å²) in [6, 6.07) is 15.4. The minimum Gasteiger partial charge on any atom is -0.351 e. The number of likely N-dealkylation sites (tertiary alicyclic amines) is 1. The van der Waals surface area contributed by atoms with Gasteiger partial charge in [-0.25, -0.2) is 8.42 Å². The standard InChI is InChI=1S/C23H31N3O3S/c1-19(25-30(28,29)22-9-5-4-6-10-22)23(27)24-17-20-11-13-21(14-12-20)18-26-15-7-2-3-8-16-26/h4-6,9-14,19,25H,2-3,7-8,15-18H2,1H3,(H,24,27)/t19-/m0/s1. The molecule has 0 radical (unpaired) electrons. The molecule has 0 spiro atoms. The van der Waals surface area contributed by atoms with Crippen LogP contribution in [-0.4, -0.2) is 38.4 Å². The molecule has 1 aliphatic rings. The number of carbonyl (C=O) groups is 1. The Balaban J connectivity index is 1.48. The molecule has 2 aromatic carbocycles. The Morgan fingerprint density at radius 1 is 0.933 bits per heavy atom. The first kappa shape index (κ1) is 22.5. The monoisotopic (exact) mass is 429 g/mol. The molecule has 1 amide bonds. The van der Waals surface area contributed by atoms with Crippen molar-refractivity contribution in [2.45, 2.75) is 56.6 Å². The van der Waals surface area contributed by atoms with Gasteiger partial charge in [-0.05, 0) is 56.1 Å². The Morgan fingerprint density at radius 3 is 2.17 bits per heavy atom. The number of hydrogen-bond donors (Lipinski definition) is 2. The minimum atomic E-state index is -3.73. The summed E-state index contributed by atoms with van der Waals surface area (Å²) in [6.45, 7) is 5.19. The fourth-order valence-electron chi connectivity index (χ4n) is 3.61. The van der Waals surface area contributed by atoms with Crippen LogP contribution in [0.5, 0.6) is 0 Å². The zero-order chi connectivity index (χ0) is 21.4. The van der Waals surface area contributed by atoms with Crippen LogP contribution in [0.4, 0.5) is 0 Å². The quantitative estimate of drug-likeness (QED) is 0.676. The summed E-state index contributed by atoms with van der Waals surface area (Å²) in [5.41, 5.74) is 2.26. The maximum Gasteiger partial charge on any atom is 0.241 e. The van der Waals surface area contributed by atoms with E-state index in [4.69, 9.17) is 0 Å². The van der Waals surface area contributed by atoms with E-state index in [9.17, 15) is 13.2 Å². The van der Waals surface area contributed by atoms with Crippen LogP contribution in [0.3, 0.4) is 0 Å². The fraction of sp³-hybridized carbons (Fsp3) is 0.435. The van der Waals surface area contributed by atoms with Crippen LogP contribution in [0.1, 0.15) is 43.7 Å². The maximum atomic E-state index is 12.3. The van der Waals surface area contributed by atoms with Crippen molar-refractivity contribution in [3.8, 4) is 0 Å². The molecule has 1 saturated heterocycles. The lowest BCUT2D eigenvalue weighted by Gasteiger charge is -2.20. The number of rotatable bonds is 8. The summed E-state index contributed by atoms with van der Waals surface area (Å²) in [5, 5.41) is 2.81. The molecular weight excluding hydrogens is 398 g/mol. The lowest BCUT2D eigenvalue weighted by Crippen LogP contribution is -2.44. The second-order valence-corrected chi connectivity index (χ2v) is 9.59. The van der Waals surface area contributed by atoms with Crippen LogP contribution in [0.2, 0.25) is 0 Å². The summed E-state index contributed by atoms with van der Waals surface area (Å²) in [5.74, 6) is -0.358. The highest BCUT2D eigenvalue weighted by atomic mass is 32.2. The van der Waals surface area contributed by atoms with Crippen LogP contribution in [0.15, 0.2) is 59.5 Å². The number of nitrogens with one attached hydrogen (secondary N) is 2. The van der Waals surface area contributed by atoms with Gasteiger partial charge in [0.05, 0.1) is 10.9 Å². The van der Waals surface area contributed by atoms with Gasteiger partial charge >= 0.3 is 0 Å². The van der Waals surface area contributed by atoms with Gasteiger partial charge in [-0.3, -0.25) is 9.69 Å². The molecule has 0 bridgehead atoms. The van der Waals surface area contributed by atoms with E-state index in [1.807, 2.05) is 12.1 Å². The predicted molar refractivity (Wildman–Crippen MR) is 118 cm³/mol. The van der Waals surface area contributed by atoms with Gasteiger partial charge in [-0.1, -0.05) is 55.3 Å². The molecule has 0 aliphatic carbocycles. The third-order valence-corrected chi connectivity index (χ3v) is 6.93. The number of hydrogen-bond acceptors (Lipinski definition) is 4. The van der Waals surface area contributed by atoms with Gasteiger partial charge in [0.2, 0.25) is 15.9 Å². The van der Waals surface area contributed by atoms with E-state index in [0.29, 0.717) is 6.54 Å². The second kappa shape index (κ2) is 10.7. The van der Waals surface area contributed by atoms with Crippen molar-refractivity contribution in [1.82, 2.24) is 14.9 Å². The predicted octanol–water partition coefficient (Wildman–Crippen LogP) is 3.05. The SMILES string of the molecule is C[C@H](NS(=O)(=O)c1ccccc1)C(=O)NCc1ccc(CN2CCCCCC2)cc1. The molecule has 7 heteroatoms. The Kier molecular flexibility index (Phi) is 8.01. The Labute approximate surface area is 179 Å². The van der Waals surface area contributed by atoms with Gasteiger partial charge in [-0.2, -0.15) is 4.72 Å². The van der Waals surface area contributed by atoms with Crippen molar-refractivity contribution in [2.24, 2.45) is 0 Å². The van der Waals surface area contributed by atoms with Gasteiger partial charge in [0.15, 0.2) is 0 Å². The first-order valence-electron chi connectivity index (χ1n) is 10.6. The van der Waals surface area contributed by atoms with Gasteiger partial charge < -0.3 is 5.32 Å². The molecule has 6 nitrogen and oxygen atoms in total. The van der Waals surface area contributed by atoms with Gasteiger partial charge in [-0.15, -0.1) is 0 Å². The largest absolute Gasteiger partial charge is 0.351 e. The molecule has 1 aliphatic heterocycles. The molecule has 162 valence electrons. The highest BCUT2D eigenvalue weighted by molar-refractivity contribution is 7.89. The molecule has 0 saturated carbocycles. The van der Waals surface area contributed by atoms with E-state index < -0.39 is 16.1 Å². The van der Waals surface area contributed by atoms with Crippen molar-refractivity contribution in [3.63, 3.8) is 0 Å². The first-order chi connectivity index (χ1) is 14.4. The average molecular weight is 430 g/mol. The van der Waals surface area contributed by atoms with Crippen molar-refractivity contribution >= 4 is 15.9 Å². The number of sulfonamides is 1. The van der Waals surface area contributed by atoms with Crippen LogP contribution in [0.25, 0.3) is 0 Å². The van der Waals surface area contributed by atoms with Crippen LogP contribution in [-0.2, 0) is 27.9 Å². The minimum absolute atomic E-state index is 0.143. The summed E-state index contributed by atoms with van der Waals surface area (Å²) in [6.07, 6.45) is 5.21. The normalized spacial score (nSPS) is 16.6. The van der Waals surface area contributed by atoms with Crippen molar-refractivity contribution < 1.29 is 13.2 Å². The third kappa shape index (κ3) is 6.65.